The number of fused-ring (bicyclic) bond motifs is 1. The number of para-hydroxylation sites is 1. The number of thiazole rings is 1. The molecule has 0 aliphatic carbocycles. The largest absolute Gasteiger partial charge is 0.301 e. The summed E-state index contributed by atoms with van der Waals surface area (Å²) >= 11 is 4.83. The summed E-state index contributed by atoms with van der Waals surface area (Å²) in [6.07, 6.45) is 0. The van der Waals surface area contributed by atoms with Crippen molar-refractivity contribution in [3.05, 3.63) is 101 Å². The monoisotopic (exact) mass is 530 g/mol. The van der Waals surface area contributed by atoms with Gasteiger partial charge in [0.2, 0.25) is 0 Å². The molecule has 2 aromatic heterocycles. The Morgan fingerprint density at radius 3 is 2.53 bits per heavy atom. The molecule has 2 heterocycles. The number of carbonyl (C=O) groups is 1. The summed E-state index contributed by atoms with van der Waals surface area (Å²) in [7, 11) is 0. The van der Waals surface area contributed by atoms with Gasteiger partial charge in [-0.3, -0.25) is 4.79 Å². The molecule has 5 rings (SSSR count). The van der Waals surface area contributed by atoms with Gasteiger partial charge in [0.05, 0.1) is 27.8 Å². The van der Waals surface area contributed by atoms with Crippen LogP contribution in [0.2, 0.25) is 0 Å². The summed E-state index contributed by atoms with van der Waals surface area (Å²) in [6.45, 7) is 6.69. The highest BCUT2D eigenvalue weighted by Gasteiger charge is 2.22. The summed E-state index contributed by atoms with van der Waals surface area (Å²) < 4.78 is 4.32. The maximum Gasteiger partial charge on any atom is 0.192 e. The van der Waals surface area contributed by atoms with Crippen LogP contribution in [0.15, 0.2) is 82.3 Å². The SMILES string of the molecule is Cc1ccc(C(=O)[C@@H](C)Sc2nnc(CSc3nc4ccccc4s3)n2Cc2ccccc2)cc1C. The van der Waals surface area contributed by atoms with Gasteiger partial charge in [-0.15, -0.1) is 21.5 Å². The average molecular weight is 531 g/mol. The van der Waals surface area contributed by atoms with Crippen molar-refractivity contribution >= 4 is 50.9 Å². The van der Waals surface area contributed by atoms with Crippen LogP contribution in [0.3, 0.4) is 0 Å². The molecule has 1 atom stereocenters. The first-order valence-corrected chi connectivity index (χ1v) is 14.4. The average Bonchev–Trinajstić information content (AvgIpc) is 3.48. The van der Waals surface area contributed by atoms with Crippen molar-refractivity contribution in [2.24, 2.45) is 0 Å². The molecule has 5 aromatic rings. The van der Waals surface area contributed by atoms with Crippen molar-refractivity contribution in [1.29, 1.82) is 0 Å². The first-order valence-electron chi connectivity index (χ1n) is 11.7. The smallest absolute Gasteiger partial charge is 0.192 e. The van der Waals surface area contributed by atoms with Gasteiger partial charge in [-0.2, -0.15) is 0 Å². The van der Waals surface area contributed by atoms with Crippen molar-refractivity contribution in [3.63, 3.8) is 0 Å². The number of aromatic nitrogens is 4. The molecule has 0 aliphatic heterocycles. The molecule has 0 radical (unpaired) electrons. The van der Waals surface area contributed by atoms with Crippen LogP contribution in [0.1, 0.15) is 39.8 Å². The Balaban J connectivity index is 1.38. The predicted molar refractivity (Wildman–Crippen MR) is 150 cm³/mol. The van der Waals surface area contributed by atoms with Gasteiger partial charge in [-0.1, -0.05) is 78.1 Å². The van der Waals surface area contributed by atoms with Gasteiger partial charge in [-0.05, 0) is 55.7 Å². The van der Waals surface area contributed by atoms with Crippen LogP contribution in [0.5, 0.6) is 0 Å². The van der Waals surface area contributed by atoms with E-state index in [2.05, 4.69) is 39.9 Å². The molecule has 5 nitrogen and oxygen atoms in total. The number of hydrogen-bond acceptors (Lipinski definition) is 7. The molecule has 8 heteroatoms. The van der Waals surface area contributed by atoms with Gasteiger partial charge in [0.1, 0.15) is 5.82 Å². The van der Waals surface area contributed by atoms with Crippen molar-refractivity contribution in [2.45, 2.75) is 47.8 Å². The molecule has 0 N–H and O–H groups in total. The van der Waals surface area contributed by atoms with E-state index in [1.54, 1.807) is 23.1 Å². The first kappa shape index (κ1) is 24.7. The van der Waals surface area contributed by atoms with E-state index in [-0.39, 0.29) is 11.0 Å². The highest BCUT2D eigenvalue weighted by Crippen LogP contribution is 2.33. The van der Waals surface area contributed by atoms with Gasteiger partial charge >= 0.3 is 0 Å². The topological polar surface area (TPSA) is 60.7 Å². The molecule has 182 valence electrons. The lowest BCUT2D eigenvalue weighted by atomic mass is 10.0. The van der Waals surface area contributed by atoms with Crippen molar-refractivity contribution in [2.75, 3.05) is 0 Å². The van der Waals surface area contributed by atoms with E-state index in [9.17, 15) is 4.79 Å². The molecule has 0 saturated heterocycles. The summed E-state index contributed by atoms with van der Waals surface area (Å²) in [5.74, 6) is 1.62. The number of nitrogens with zero attached hydrogens (tertiary/aromatic N) is 4. The fourth-order valence-corrected chi connectivity index (χ4v) is 6.77. The van der Waals surface area contributed by atoms with Crippen molar-refractivity contribution < 1.29 is 4.79 Å². The fraction of sp³-hybridized carbons (Fsp3) is 0.214. The number of carbonyl (C=O) groups excluding carboxylic acids is 1. The standard InChI is InChI=1S/C28H26N4OS3/c1-18-13-14-22(15-19(18)2)26(33)20(3)35-27-31-30-25(32(27)16-21-9-5-4-6-10-21)17-34-28-29-23-11-7-8-12-24(23)36-28/h4-15,20H,16-17H2,1-3H3/t20-/m1/s1. The third kappa shape index (κ3) is 5.56. The zero-order chi connectivity index (χ0) is 25.1. The second kappa shape index (κ2) is 11.0. The predicted octanol–water partition coefficient (Wildman–Crippen LogP) is 7.21. The number of aryl methyl sites for hydroxylation is 2. The normalized spacial score (nSPS) is 12.2. The van der Waals surface area contributed by atoms with Gasteiger partial charge < -0.3 is 4.57 Å². The van der Waals surface area contributed by atoms with Crippen LogP contribution in [-0.4, -0.2) is 30.8 Å². The number of benzene rings is 3. The molecule has 0 spiro atoms. The lowest BCUT2D eigenvalue weighted by Gasteiger charge is -2.14. The Morgan fingerprint density at radius 2 is 1.75 bits per heavy atom. The molecular formula is C28H26N4OS3. The Bertz CT molecular complexity index is 1480. The van der Waals surface area contributed by atoms with Gasteiger partial charge in [0, 0.05) is 5.56 Å². The molecular weight excluding hydrogens is 505 g/mol. The molecule has 0 aliphatic rings. The van der Waals surface area contributed by atoms with E-state index in [0.29, 0.717) is 12.3 Å². The summed E-state index contributed by atoms with van der Waals surface area (Å²) in [6, 6.07) is 24.4. The lowest BCUT2D eigenvalue weighted by molar-refractivity contribution is 0.0993. The first-order chi connectivity index (χ1) is 17.5. The van der Waals surface area contributed by atoms with Crippen LogP contribution in [-0.2, 0) is 12.3 Å². The molecule has 0 saturated carbocycles. The summed E-state index contributed by atoms with van der Waals surface area (Å²) in [5, 5.41) is 9.51. The summed E-state index contributed by atoms with van der Waals surface area (Å²) in [5.41, 5.74) is 5.23. The molecule has 0 bridgehead atoms. The van der Waals surface area contributed by atoms with Crippen LogP contribution >= 0.6 is 34.9 Å². The fourth-order valence-electron chi connectivity index (χ4n) is 3.82. The Kier molecular flexibility index (Phi) is 7.55. The molecule has 3 aromatic carbocycles. The third-order valence-corrected chi connectivity index (χ3v) is 9.27. The van der Waals surface area contributed by atoms with Gasteiger partial charge in [0.25, 0.3) is 0 Å². The molecule has 0 amide bonds. The lowest BCUT2D eigenvalue weighted by Crippen LogP contribution is -2.15. The second-order valence-electron chi connectivity index (χ2n) is 8.63. The highest BCUT2D eigenvalue weighted by molar-refractivity contribution is 8.00. The van der Waals surface area contributed by atoms with E-state index in [1.165, 1.54) is 27.6 Å². The number of thioether (sulfide) groups is 2. The van der Waals surface area contributed by atoms with Crippen molar-refractivity contribution in [1.82, 2.24) is 19.7 Å². The van der Waals surface area contributed by atoms with E-state index < -0.39 is 0 Å². The van der Waals surface area contributed by atoms with E-state index in [4.69, 9.17) is 4.98 Å². The van der Waals surface area contributed by atoms with E-state index in [0.717, 1.165) is 32.0 Å². The van der Waals surface area contributed by atoms with Crippen LogP contribution in [0.25, 0.3) is 10.2 Å². The molecule has 0 fully saturated rings. The van der Waals surface area contributed by atoms with Gasteiger partial charge in [-0.25, -0.2) is 4.98 Å². The Labute approximate surface area is 223 Å². The van der Waals surface area contributed by atoms with Crippen LogP contribution in [0, 0.1) is 13.8 Å². The van der Waals surface area contributed by atoms with Crippen LogP contribution < -0.4 is 0 Å². The Morgan fingerprint density at radius 1 is 0.972 bits per heavy atom. The quantitative estimate of drug-likeness (QED) is 0.148. The van der Waals surface area contributed by atoms with Crippen LogP contribution in [0.4, 0.5) is 0 Å². The minimum atomic E-state index is -0.282. The zero-order valence-electron chi connectivity index (χ0n) is 20.3. The van der Waals surface area contributed by atoms with Crippen molar-refractivity contribution in [3.8, 4) is 0 Å². The maximum atomic E-state index is 13.2. The Hall–Kier alpha value is -2.94. The van der Waals surface area contributed by atoms with E-state index in [1.807, 2.05) is 68.4 Å². The van der Waals surface area contributed by atoms with E-state index >= 15 is 0 Å². The zero-order valence-corrected chi connectivity index (χ0v) is 22.8. The molecule has 0 unspecified atom stereocenters. The number of rotatable bonds is 9. The van der Waals surface area contributed by atoms with Gasteiger partial charge in [0.15, 0.2) is 15.3 Å². The number of ketones is 1. The molecule has 36 heavy (non-hydrogen) atoms. The second-order valence-corrected chi connectivity index (χ2v) is 12.2. The number of hydrogen-bond donors (Lipinski definition) is 0. The highest BCUT2D eigenvalue weighted by atomic mass is 32.2. The minimum Gasteiger partial charge on any atom is -0.301 e. The maximum absolute atomic E-state index is 13.2. The number of Topliss-reactive ketones (excluding diaryl/α,β-unsaturated/α-hetero) is 1. The summed E-state index contributed by atoms with van der Waals surface area (Å²) in [4.78, 5) is 17.9. The third-order valence-electron chi connectivity index (χ3n) is 6.02. The minimum absolute atomic E-state index is 0.0998.